The minimum atomic E-state index is -2.70. The van der Waals surface area contributed by atoms with Gasteiger partial charge in [0.2, 0.25) is 0 Å². The standard InChI is InChI=1S/C60H43NSi/c1-5-16-44(17-6-1)46-28-32-48(33-29-46)50-36-40-52(41-37-50)61(53-42-38-51(39-43-53)49-34-30-47(31-35-49)45-18-7-2-8-19-45)57-25-15-27-59-60(57)56-24-13-14-26-58(56)62(59,54-20-9-3-10-21-54)55-22-11-4-12-23-55/h1-43H. The highest BCUT2D eigenvalue weighted by atomic mass is 28.3. The second kappa shape index (κ2) is 16.0. The molecule has 0 saturated heterocycles. The predicted molar refractivity (Wildman–Crippen MR) is 265 cm³/mol. The van der Waals surface area contributed by atoms with Crippen molar-refractivity contribution in [2.75, 3.05) is 4.90 Å². The van der Waals surface area contributed by atoms with Crippen LogP contribution < -0.4 is 25.6 Å². The molecule has 1 aliphatic rings. The Bertz CT molecular complexity index is 2940. The number of benzene rings is 10. The Balaban J connectivity index is 1.05. The average Bonchev–Trinajstić information content (AvgIpc) is 3.67. The second-order valence-electron chi connectivity index (χ2n) is 16.0. The maximum atomic E-state index is 2.47. The molecular weight excluding hydrogens is 763 g/mol. The van der Waals surface area contributed by atoms with Crippen LogP contribution in [0.2, 0.25) is 0 Å². The van der Waals surface area contributed by atoms with E-state index in [0.717, 1.165) is 11.4 Å². The van der Waals surface area contributed by atoms with E-state index in [2.05, 4.69) is 266 Å². The predicted octanol–water partition coefficient (Wildman–Crippen LogP) is 13.2. The van der Waals surface area contributed by atoms with E-state index >= 15 is 0 Å². The van der Waals surface area contributed by atoms with Gasteiger partial charge < -0.3 is 4.90 Å². The van der Waals surface area contributed by atoms with E-state index in [1.54, 1.807) is 0 Å². The highest BCUT2D eigenvalue weighted by Gasteiger charge is 2.49. The Labute approximate surface area is 365 Å². The summed E-state index contributed by atoms with van der Waals surface area (Å²) in [4.78, 5) is 2.47. The summed E-state index contributed by atoms with van der Waals surface area (Å²) in [7, 11) is -2.70. The minimum absolute atomic E-state index is 1.11. The molecule has 62 heavy (non-hydrogen) atoms. The van der Waals surface area contributed by atoms with Crippen molar-refractivity contribution in [3.05, 3.63) is 261 Å². The molecule has 0 bridgehead atoms. The molecule has 0 amide bonds. The molecule has 10 aromatic rings. The van der Waals surface area contributed by atoms with Crippen molar-refractivity contribution in [2.24, 2.45) is 0 Å². The molecule has 1 heterocycles. The average molecular weight is 806 g/mol. The molecule has 0 N–H and O–H groups in total. The van der Waals surface area contributed by atoms with Gasteiger partial charge in [-0.2, -0.15) is 0 Å². The van der Waals surface area contributed by atoms with Crippen LogP contribution in [0.25, 0.3) is 55.6 Å². The zero-order valence-corrected chi connectivity index (χ0v) is 35.3. The first-order chi connectivity index (χ1) is 30.8. The number of anilines is 3. The van der Waals surface area contributed by atoms with E-state index in [1.807, 2.05) is 0 Å². The summed E-state index contributed by atoms with van der Waals surface area (Å²) in [6, 6.07) is 95.9. The Morgan fingerprint density at radius 3 is 0.984 bits per heavy atom. The zero-order valence-electron chi connectivity index (χ0n) is 34.3. The third-order valence-electron chi connectivity index (χ3n) is 12.6. The monoisotopic (exact) mass is 805 g/mol. The molecule has 1 nitrogen and oxygen atoms in total. The molecule has 0 aromatic heterocycles. The molecule has 0 fully saturated rings. The van der Waals surface area contributed by atoms with Crippen LogP contribution in [0, 0.1) is 0 Å². The topological polar surface area (TPSA) is 3.24 Å². The third kappa shape index (κ3) is 6.50. The summed E-state index contributed by atoms with van der Waals surface area (Å²) in [5, 5.41) is 5.64. The zero-order chi connectivity index (χ0) is 41.3. The fourth-order valence-corrected chi connectivity index (χ4v) is 14.9. The lowest BCUT2D eigenvalue weighted by molar-refractivity contribution is 1.29. The van der Waals surface area contributed by atoms with Crippen LogP contribution in [0.1, 0.15) is 0 Å². The lowest BCUT2D eigenvalue weighted by atomic mass is 9.98. The summed E-state index contributed by atoms with van der Waals surface area (Å²) >= 11 is 0. The van der Waals surface area contributed by atoms with E-state index in [0.29, 0.717) is 0 Å². The van der Waals surface area contributed by atoms with Crippen LogP contribution in [0.3, 0.4) is 0 Å². The SMILES string of the molecule is c1ccc(-c2ccc(-c3ccc(N(c4ccc(-c5ccc(-c6ccccc6)cc5)cc4)c4cccc5c4-c4ccccc4[Si]5(c4ccccc4)c4ccccc4)cc3)cc2)cc1. The lowest BCUT2D eigenvalue weighted by Gasteiger charge is -2.32. The maximum absolute atomic E-state index is 2.70. The molecule has 0 spiro atoms. The molecule has 2 heteroatoms. The van der Waals surface area contributed by atoms with Gasteiger partial charge in [0.1, 0.15) is 0 Å². The molecule has 0 unspecified atom stereocenters. The summed E-state index contributed by atoms with van der Waals surface area (Å²) < 4.78 is 0. The van der Waals surface area contributed by atoms with E-state index < -0.39 is 8.07 Å². The van der Waals surface area contributed by atoms with E-state index in [9.17, 15) is 0 Å². The van der Waals surface area contributed by atoms with Gasteiger partial charge in [-0.15, -0.1) is 0 Å². The number of hydrogen-bond acceptors (Lipinski definition) is 1. The fraction of sp³-hybridized carbons (Fsp3) is 0. The van der Waals surface area contributed by atoms with Crippen molar-refractivity contribution >= 4 is 45.9 Å². The first kappa shape index (κ1) is 37.2. The van der Waals surface area contributed by atoms with Gasteiger partial charge >= 0.3 is 0 Å². The molecule has 0 atom stereocenters. The van der Waals surface area contributed by atoms with Crippen molar-refractivity contribution in [1.29, 1.82) is 0 Å². The smallest absolute Gasteiger partial charge is 0.180 e. The molecule has 0 radical (unpaired) electrons. The Kier molecular flexibility index (Phi) is 9.61. The molecule has 10 aromatic carbocycles. The van der Waals surface area contributed by atoms with Gasteiger partial charge in [0.25, 0.3) is 0 Å². The van der Waals surface area contributed by atoms with Gasteiger partial charge in [-0.25, -0.2) is 0 Å². The van der Waals surface area contributed by atoms with E-state index in [1.165, 1.54) is 82.1 Å². The van der Waals surface area contributed by atoms with E-state index in [4.69, 9.17) is 0 Å². The fourth-order valence-electron chi connectivity index (χ4n) is 9.66. The number of rotatable bonds is 9. The van der Waals surface area contributed by atoms with Gasteiger partial charge in [0.15, 0.2) is 8.07 Å². The number of nitrogens with zero attached hydrogens (tertiary/aromatic N) is 1. The lowest BCUT2D eigenvalue weighted by Crippen LogP contribution is -2.72. The van der Waals surface area contributed by atoms with Crippen molar-refractivity contribution in [1.82, 2.24) is 0 Å². The van der Waals surface area contributed by atoms with Gasteiger partial charge in [-0.3, -0.25) is 0 Å². The molecule has 0 saturated carbocycles. The molecule has 0 aliphatic carbocycles. The summed E-state index contributed by atoms with van der Waals surface area (Å²) in [5.41, 5.74) is 15.7. The van der Waals surface area contributed by atoms with Gasteiger partial charge in [-0.05, 0) is 101 Å². The van der Waals surface area contributed by atoms with Crippen LogP contribution in [0.4, 0.5) is 17.1 Å². The Morgan fingerprint density at radius 2 is 0.565 bits per heavy atom. The molecule has 11 rings (SSSR count). The minimum Gasteiger partial charge on any atom is -0.310 e. The summed E-state index contributed by atoms with van der Waals surface area (Å²) in [5.74, 6) is 0. The van der Waals surface area contributed by atoms with Crippen LogP contribution >= 0.6 is 0 Å². The summed E-state index contributed by atoms with van der Waals surface area (Å²) in [6.45, 7) is 0. The van der Waals surface area contributed by atoms with Crippen molar-refractivity contribution < 1.29 is 0 Å². The van der Waals surface area contributed by atoms with E-state index in [-0.39, 0.29) is 0 Å². The van der Waals surface area contributed by atoms with Crippen molar-refractivity contribution in [3.63, 3.8) is 0 Å². The van der Waals surface area contributed by atoms with Gasteiger partial charge in [0, 0.05) is 16.9 Å². The molecular formula is C60H43NSi. The Hall–Kier alpha value is -7.78. The highest BCUT2D eigenvalue weighted by Crippen LogP contribution is 2.44. The highest BCUT2D eigenvalue weighted by molar-refractivity contribution is 7.22. The largest absolute Gasteiger partial charge is 0.310 e. The maximum Gasteiger partial charge on any atom is 0.180 e. The van der Waals surface area contributed by atoms with Crippen LogP contribution in [0.15, 0.2) is 261 Å². The first-order valence-electron chi connectivity index (χ1n) is 21.4. The molecule has 1 aliphatic heterocycles. The summed E-state index contributed by atoms with van der Waals surface area (Å²) in [6.07, 6.45) is 0. The number of hydrogen-bond donors (Lipinski definition) is 0. The van der Waals surface area contributed by atoms with Gasteiger partial charge in [-0.1, -0.05) is 231 Å². The first-order valence-corrected chi connectivity index (χ1v) is 23.4. The van der Waals surface area contributed by atoms with Crippen LogP contribution in [-0.2, 0) is 0 Å². The van der Waals surface area contributed by atoms with Crippen LogP contribution in [0.5, 0.6) is 0 Å². The van der Waals surface area contributed by atoms with Crippen LogP contribution in [-0.4, -0.2) is 8.07 Å². The Morgan fingerprint density at radius 1 is 0.242 bits per heavy atom. The third-order valence-corrected chi connectivity index (χ3v) is 17.5. The van der Waals surface area contributed by atoms with Crippen molar-refractivity contribution in [3.8, 4) is 55.6 Å². The van der Waals surface area contributed by atoms with Crippen molar-refractivity contribution in [2.45, 2.75) is 0 Å². The second-order valence-corrected chi connectivity index (χ2v) is 19.8. The normalized spacial score (nSPS) is 12.3. The van der Waals surface area contributed by atoms with Gasteiger partial charge in [0.05, 0.1) is 5.69 Å². The molecule has 292 valence electrons. The number of fused-ring (bicyclic) bond motifs is 3. The quantitative estimate of drug-likeness (QED) is 0.131.